The van der Waals surface area contributed by atoms with Crippen LogP contribution in [0.3, 0.4) is 0 Å². The molecule has 124 valence electrons. The molecule has 1 heterocycles. The minimum atomic E-state index is 0.740. The molecule has 0 spiro atoms. The van der Waals surface area contributed by atoms with E-state index in [4.69, 9.17) is 4.74 Å². The van der Waals surface area contributed by atoms with E-state index in [9.17, 15) is 0 Å². The maximum atomic E-state index is 5.16. The first kappa shape index (κ1) is 16.9. The van der Waals surface area contributed by atoms with Crippen LogP contribution in [0.5, 0.6) is 5.75 Å². The summed E-state index contributed by atoms with van der Waals surface area (Å²) in [5.41, 5.74) is 1.25. The zero-order valence-corrected chi connectivity index (χ0v) is 13.8. The van der Waals surface area contributed by atoms with Crippen molar-refractivity contribution >= 4 is 5.96 Å². The predicted molar refractivity (Wildman–Crippen MR) is 92.9 cm³/mol. The van der Waals surface area contributed by atoms with E-state index in [0.29, 0.717) is 0 Å². The summed E-state index contributed by atoms with van der Waals surface area (Å²) >= 11 is 0. The van der Waals surface area contributed by atoms with Gasteiger partial charge in [-0.25, -0.2) is 0 Å². The Morgan fingerprint density at radius 3 is 2.74 bits per heavy atom. The number of nitrogens with zero attached hydrogens (tertiary/aromatic N) is 3. The summed E-state index contributed by atoms with van der Waals surface area (Å²) in [5, 5.41) is 10.8. The highest BCUT2D eigenvalue weighted by Crippen LogP contribution is 2.11. The standard InChI is InChI=1S/C17H25N5O/c1-3-18-17(20-12-14-22-13-4-10-21-22)19-11-9-15-5-7-16(23-2)8-6-15/h4-8,10,13H,3,9,11-12,14H2,1-2H3,(H2,18,19,20). The first-order valence-corrected chi connectivity index (χ1v) is 7.94. The van der Waals surface area contributed by atoms with Crippen LogP contribution in [0.2, 0.25) is 0 Å². The van der Waals surface area contributed by atoms with Crippen molar-refractivity contribution in [2.45, 2.75) is 19.9 Å². The van der Waals surface area contributed by atoms with Gasteiger partial charge in [-0.2, -0.15) is 5.10 Å². The number of benzene rings is 1. The third-order valence-electron chi connectivity index (χ3n) is 3.37. The molecule has 0 aliphatic carbocycles. The lowest BCUT2D eigenvalue weighted by Gasteiger charge is -2.11. The van der Waals surface area contributed by atoms with Gasteiger partial charge < -0.3 is 15.4 Å². The van der Waals surface area contributed by atoms with Gasteiger partial charge >= 0.3 is 0 Å². The summed E-state index contributed by atoms with van der Waals surface area (Å²) in [7, 11) is 1.68. The van der Waals surface area contributed by atoms with Crippen molar-refractivity contribution in [3.63, 3.8) is 0 Å². The van der Waals surface area contributed by atoms with Crippen molar-refractivity contribution in [3.05, 3.63) is 48.3 Å². The van der Waals surface area contributed by atoms with Crippen LogP contribution in [0.1, 0.15) is 12.5 Å². The molecule has 0 bridgehead atoms. The molecule has 0 saturated carbocycles. The van der Waals surface area contributed by atoms with Crippen LogP contribution in [0, 0.1) is 0 Å². The lowest BCUT2D eigenvalue weighted by atomic mass is 10.1. The number of aliphatic imine (C=N–C) groups is 1. The predicted octanol–water partition coefficient (Wildman–Crippen LogP) is 1.69. The Labute approximate surface area is 137 Å². The highest BCUT2D eigenvalue weighted by atomic mass is 16.5. The molecule has 6 heteroatoms. The molecule has 1 aromatic carbocycles. The molecule has 0 fully saturated rings. The summed E-state index contributed by atoms with van der Waals surface area (Å²) in [6.07, 6.45) is 4.64. The van der Waals surface area contributed by atoms with Crippen molar-refractivity contribution < 1.29 is 4.74 Å². The summed E-state index contributed by atoms with van der Waals surface area (Å²) in [5.74, 6) is 1.72. The Morgan fingerprint density at radius 2 is 2.09 bits per heavy atom. The van der Waals surface area contributed by atoms with Crippen LogP contribution >= 0.6 is 0 Å². The van der Waals surface area contributed by atoms with Gasteiger partial charge in [-0.3, -0.25) is 9.67 Å². The molecule has 0 atom stereocenters. The van der Waals surface area contributed by atoms with E-state index in [0.717, 1.165) is 44.3 Å². The SMILES string of the molecule is CCNC(=NCCc1ccc(OC)cc1)NCCn1cccn1. The molecule has 0 amide bonds. The second-order valence-electron chi connectivity index (χ2n) is 5.05. The molecule has 0 saturated heterocycles. The average Bonchev–Trinajstić information content (AvgIpc) is 3.09. The summed E-state index contributed by atoms with van der Waals surface area (Å²) < 4.78 is 7.06. The van der Waals surface area contributed by atoms with Gasteiger partial charge in [0.05, 0.1) is 13.7 Å². The third kappa shape index (κ3) is 6.02. The maximum absolute atomic E-state index is 5.16. The number of aromatic nitrogens is 2. The highest BCUT2D eigenvalue weighted by molar-refractivity contribution is 5.79. The van der Waals surface area contributed by atoms with Gasteiger partial charge in [0.2, 0.25) is 0 Å². The molecular weight excluding hydrogens is 290 g/mol. The topological polar surface area (TPSA) is 63.5 Å². The second-order valence-corrected chi connectivity index (χ2v) is 5.05. The van der Waals surface area contributed by atoms with Crippen LogP contribution in [-0.2, 0) is 13.0 Å². The van der Waals surface area contributed by atoms with Gasteiger partial charge in [0.1, 0.15) is 5.75 Å². The zero-order chi connectivity index (χ0) is 16.3. The van der Waals surface area contributed by atoms with Gasteiger partial charge in [0.15, 0.2) is 5.96 Å². The van der Waals surface area contributed by atoms with Crippen molar-refractivity contribution in [1.29, 1.82) is 0 Å². The minimum Gasteiger partial charge on any atom is -0.497 e. The Bertz CT molecular complexity index is 578. The lowest BCUT2D eigenvalue weighted by Crippen LogP contribution is -2.39. The number of nitrogens with one attached hydrogen (secondary N) is 2. The van der Waals surface area contributed by atoms with Gasteiger partial charge in [0.25, 0.3) is 0 Å². The smallest absolute Gasteiger partial charge is 0.191 e. The van der Waals surface area contributed by atoms with Gasteiger partial charge in [0, 0.05) is 32.0 Å². The molecule has 2 N–H and O–H groups in total. The highest BCUT2D eigenvalue weighted by Gasteiger charge is 1.98. The van der Waals surface area contributed by atoms with Crippen LogP contribution in [0.15, 0.2) is 47.7 Å². The van der Waals surface area contributed by atoms with E-state index in [1.165, 1.54) is 5.56 Å². The number of ether oxygens (including phenoxy) is 1. The summed E-state index contributed by atoms with van der Waals surface area (Å²) in [6.45, 7) is 5.25. The van der Waals surface area contributed by atoms with Crippen LogP contribution in [0.4, 0.5) is 0 Å². The van der Waals surface area contributed by atoms with E-state index in [1.54, 1.807) is 13.3 Å². The summed E-state index contributed by atoms with van der Waals surface area (Å²) in [6, 6.07) is 10.0. The Morgan fingerprint density at radius 1 is 1.26 bits per heavy atom. The minimum absolute atomic E-state index is 0.740. The number of guanidine groups is 1. The van der Waals surface area contributed by atoms with Gasteiger partial charge in [-0.15, -0.1) is 0 Å². The fourth-order valence-corrected chi connectivity index (χ4v) is 2.15. The zero-order valence-electron chi connectivity index (χ0n) is 13.8. The van der Waals surface area contributed by atoms with Crippen LogP contribution < -0.4 is 15.4 Å². The molecule has 2 aromatic rings. The van der Waals surface area contributed by atoms with Gasteiger partial charge in [-0.05, 0) is 37.1 Å². The monoisotopic (exact) mass is 315 g/mol. The molecule has 0 aliphatic heterocycles. The first-order chi connectivity index (χ1) is 11.3. The molecule has 1 aromatic heterocycles. The first-order valence-electron chi connectivity index (χ1n) is 7.94. The van der Waals surface area contributed by atoms with Crippen molar-refractivity contribution in [3.8, 4) is 5.75 Å². The molecule has 0 unspecified atom stereocenters. The molecule has 6 nitrogen and oxygen atoms in total. The molecule has 0 aliphatic rings. The van der Waals surface area contributed by atoms with Crippen molar-refractivity contribution in [2.75, 3.05) is 26.7 Å². The third-order valence-corrected chi connectivity index (χ3v) is 3.37. The Kier molecular flexibility index (Phi) is 6.97. The molecule has 2 rings (SSSR count). The Hall–Kier alpha value is -2.50. The number of hydrogen-bond donors (Lipinski definition) is 2. The maximum Gasteiger partial charge on any atom is 0.191 e. The largest absolute Gasteiger partial charge is 0.497 e. The second kappa shape index (κ2) is 9.50. The Balaban J connectivity index is 1.77. The fourth-order valence-electron chi connectivity index (χ4n) is 2.15. The summed E-state index contributed by atoms with van der Waals surface area (Å²) in [4.78, 5) is 4.60. The van der Waals surface area contributed by atoms with E-state index < -0.39 is 0 Å². The van der Waals surface area contributed by atoms with Crippen LogP contribution in [-0.4, -0.2) is 42.5 Å². The van der Waals surface area contributed by atoms with Gasteiger partial charge in [-0.1, -0.05) is 12.1 Å². The quantitative estimate of drug-likeness (QED) is 0.575. The number of methoxy groups -OCH3 is 1. The lowest BCUT2D eigenvalue weighted by molar-refractivity contribution is 0.414. The van der Waals surface area contributed by atoms with Crippen LogP contribution in [0.25, 0.3) is 0 Å². The average molecular weight is 315 g/mol. The van der Waals surface area contributed by atoms with Crippen molar-refractivity contribution in [2.24, 2.45) is 4.99 Å². The fraction of sp³-hybridized carbons (Fsp3) is 0.412. The normalized spacial score (nSPS) is 11.3. The van der Waals surface area contributed by atoms with E-state index >= 15 is 0 Å². The van der Waals surface area contributed by atoms with E-state index in [2.05, 4.69) is 39.8 Å². The molecule has 0 radical (unpaired) electrons. The number of rotatable bonds is 8. The van der Waals surface area contributed by atoms with Crippen molar-refractivity contribution in [1.82, 2.24) is 20.4 Å². The molecule has 23 heavy (non-hydrogen) atoms. The number of hydrogen-bond acceptors (Lipinski definition) is 3. The van der Waals surface area contributed by atoms with E-state index in [-0.39, 0.29) is 0 Å². The molecular formula is C17H25N5O. The van der Waals surface area contributed by atoms with E-state index in [1.807, 2.05) is 29.1 Å².